The van der Waals surface area contributed by atoms with Crippen LogP contribution in [-0.4, -0.2) is 52.0 Å². The number of halogens is 1. The van der Waals surface area contributed by atoms with Gasteiger partial charge in [0, 0.05) is 17.1 Å². The van der Waals surface area contributed by atoms with Gasteiger partial charge in [-0.05, 0) is 52.3 Å². The van der Waals surface area contributed by atoms with Crippen molar-refractivity contribution in [1.29, 1.82) is 0 Å². The van der Waals surface area contributed by atoms with Crippen molar-refractivity contribution in [3.8, 4) is 5.88 Å². The molecule has 164 valence electrons. The van der Waals surface area contributed by atoms with Crippen LogP contribution in [0.3, 0.4) is 0 Å². The number of fused-ring (bicyclic) bond motifs is 1. The molecule has 1 N–H and O–H groups in total. The van der Waals surface area contributed by atoms with Gasteiger partial charge in [0.25, 0.3) is 5.91 Å². The summed E-state index contributed by atoms with van der Waals surface area (Å²) < 4.78 is 20.3. The first-order chi connectivity index (χ1) is 15.0. The fourth-order valence-electron chi connectivity index (χ4n) is 4.03. The van der Waals surface area contributed by atoms with Crippen molar-refractivity contribution < 1.29 is 13.9 Å². The highest BCUT2D eigenvalue weighted by atomic mass is 32.1. The number of carbonyl (C=O) groups excluding carboxylic acids is 1. The number of amides is 1. The number of ether oxygens (including phenoxy) is 1. The first-order valence-corrected chi connectivity index (χ1v) is 11.3. The van der Waals surface area contributed by atoms with E-state index in [1.807, 2.05) is 6.92 Å². The molecule has 1 saturated carbocycles. The topological polar surface area (TPSA) is 80.2 Å². The number of nitrogens with zero attached hydrogens (tertiary/aromatic N) is 4. The number of aryl methyl sites for hydroxylation is 1. The molecule has 1 amide bonds. The molecule has 3 heterocycles. The summed E-state index contributed by atoms with van der Waals surface area (Å²) in [6, 6.07) is 2.00. The van der Waals surface area contributed by atoms with Crippen LogP contribution in [0.2, 0.25) is 0 Å². The Kier molecular flexibility index (Phi) is 6.43. The van der Waals surface area contributed by atoms with E-state index in [1.165, 1.54) is 29.9 Å². The standard InChI is InChI=1S/C22H26FN5O2S/c1-4-17-18(20(29)27-16-9-10-24-11-15(16)23)19-21(25-12-26-22(19)31-17)30-14-7-5-13(6-8-14)28(2)3/h9-14H,4-8H2,1-3H3,(H,24,27,29)/t13-,14-. The van der Waals surface area contributed by atoms with Gasteiger partial charge in [-0.3, -0.25) is 9.78 Å². The predicted molar refractivity (Wildman–Crippen MR) is 119 cm³/mol. The molecule has 0 atom stereocenters. The minimum absolute atomic E-state index is 0.0489. The van der Waals surface area contributed by atoms with Crippen molar-refractivity contribution in [2.24, 2.45) is 0 Å². The number of anilines is 1. The highest BCUT2D eigenvalue weighted by Gasteiger charge is 2.27. The quantitative estimate of drug-likeness (QED) is 0.612. The van der Waals surface area contributed by atoms with Gasteiger partial charge in [0.15, 0.2) is 5.82 Å². The molecule has 0 unspecified atom stereocenters. The fourth-order valence-corrected chi connectivity index (χ4v) is 5.10. The molecular weight excluding hydrogens is 417 g/mol. The van der Waals surface area contributed by atoms with E-state index in [9.17, 15) is 9.18 Å². The summed E-state index contributed by atoms with van der Waals surface area (Å²) in [6.07, 6.45) is 8.67. The number of carbonyl (C=O) groups is 1. The van der Waals surface area contributed by atoms with Gasteiger partial charge >= 0.3 is 0 Å². The maximum Gasteiger partial charge on any atom is 0.257 e. The van der Waals surface area contributed by atoms with E-state index in [0.29, 0.717) is 34.1 Å². The first-order valence-electron chi connectivity index (χ1n) is 10.5. The number of rotatable bonds is 6. The van der Waals surface area contributed by atoms with Crippen LogP contribution in [0.4, 0.5) is 10.1 Å². The van der Waals surface area contributed by atoms with Crippen molar-refractivity contribution in [2.75, 3.05) is 19.4 Å². The summed E-state index contributed by atoms with van der Waals surface area (Å²) >= 11 is 1.44. The third kappa shape index (κ3) is 4.52. The van der Waals surface area contributed by atoms with Gasteiger partial charge in [0.1, 0.15) is 17.3 Å². The average molecular weight is 444 g/mol. The minimum Gasteiger partial charge on any atom is -0.474 e. The van der Waals surface area contributed by atoms with Gasteiger partial charge < -0.3 is 15.0 Å². The lowest BCUT2D eigenvalue weighted by atomic mass is 9.92. The molecule has 0 spiro atoms. The van der Waals surface area contributed by atoms with Gasteiger partial charge in [-0.25, -0.2) is 14.4 Å². The lowest BCUT2D eigenvalue weighted by Crippen LogP contribution is -2.35. The molecule has 9 heteroatoms. The Morgan fingerprint density at radius 3 is 2.74 bits per heavy atom. The molecule has 0 aromatic carbocycles. The van der Waals surface area contributed by atoms with E-state index in [0.717, 1.165) is 36.8 Å². The monoisotopic (exact) mass is 443 g/mol. The van der Waals surface area contributed by atoms with E-state index in [4.69, 9.17) is 4.74 Å². The molecule has 0 radical (unpaired) electrons. The number of hydrogen-bond acceptors (Lipinski definition) is 7. The molecule has 1 fully saturated rings. The highest BCUT2D eigenvalue weighted by Crippen LogP contribution is 2.37. The second kappa shape index (κ2) is 9.23. The van der Waals surface area contributed by atoms with E-state index in [2.05, 4.69) is 39.3 Å². The van der Waals surface area contributed by atoms with Crippen molar-refractivity contribution >= 4 is 33.1 Å². The Morgan fingerprint density at radius 1 is 1.29 bits per heavy atom. The summed E-state index contributed by atoms with van der Waals surface area (Å²) in [6.45, 7) is 1.98. The van der Waals surface area contributed by atoms with Crippen molar-refractivity contribution in [3.05, 3.63) is 41.0 Å². The summed E-state index contributed by atoms with van der Waals surface area (Å²) in [5, 5.41) is 3.27. The Balaban J connectivity index is 1.64. The second-order valence-corrected chi connectivity index (χ2v) is 9.02. The summed E-state index contributed by atoms with van der Waals surface area (Å²) in [4.78, 5) is 29.5. The maximum absolute atomic E-state index is 14.0. The van der Waals surface area contributed by atoms with Crippen LogP contribution in [0, 0.1) is 5.82 Å². The molecule has 31 heavy (non-hydrogen) atoms. The molecule has 0 aliphatic heterocycles. The molecule has 0 saturated heterocycles. The van der Waals surface area contributed by atoms with E-state index in [1.54, 1.807) is 0 Å². The minimum atomic E-state index is -0.584. The van der Waals surface area contributed by atoms with E-state index < -0.39 is 11.7 Å². The number of hydrogen-bond donors (Lipinski definition) is 1. The lowest BCUT2D eigenvalue weighted by Gasteiger charge is -2.32. The summed E-state index contributed by atoms with van der Waals surface area (Å²) in [5.41, 5.74) is 0.541. The zero-order valence-corrected chi connectivity index (χ0v) is 18.7. The lowest BCUT2D eigenvalue weighted by molar-refractivity contribution is 0.102. The molecular formula is C22H26FN5O2S. The first kappa shape index (κ1) is 21.6. The summed E-state index contributed by atoms with van der Waals surface area (Å²) in [7, 11) is 4.21. The second-order valence-electron chi connectivity index (χ2n) is 7.93. The molecule has 0 bridgehead atoms. The van der Waals surface area contributed by atoms with Gasteiger partial charge in [-0.15, -0.1) is 11.3 Å². The highest BCUT2D eigenvalue weighted by molar-refractivity contribution is 7.19. The Labute approximate surface area is 184 Å². The SMILES string of the molecule is CCc1sc2ncnc(O[C@H]3CC[C@H](N(C)C)CC3)c2c1C(=O)Nc1ccncc1F. The zero-order chi connectivity index (χ0) is 22.0. The largest absolute Gasteiger partial charge is 0.474 e. The fraction of sp³-hybridized carbons (Fsp3) is 0.455. The van der Waals surface area contributed by atoms with Gasteiger partial charge in [-0.1, -0.05) is 6.92 Å². The van der Waals surface area contributed by atoms with Crippen LogP contribution in [0.1, 0.15) is 47.8 Å². The Bertz CT molecular complexity index is 1080. The third-order valence-electron chi connectivity index (χ3n) is 5.75. The smallest absolute Gasteiger partial charge is 0.257 e. The number of thiophene rings is 1. The molecule has 1 aliphatic rings. The van der Waals surface area contributed by atoms with Crippen molar-refractivity contribution in [1.82, 2.24) is 19.9 Å². The Hall–Kier alpha value is -2.65. The number of pyridine rings is 1. The normalized spacial score (nSPS) is 19.0. The van der Waals surface area contributed by atoms with Crippen molar-refractivity contribution in [2.45, 2.75) is 51.2 Å². The average Bonchev–Trinajstić information content (AvgIpc) is 3.15. The van der Waals surface area contributed by atoms with E-state index in [-0.39, 0.29) is 11.8 Å². The Morgan fingerprint density at radius 2 is 2.06 bits per heavy atom. The molecule has 3 aromatic heterocycles. The van der Waals surface area contributed by atoms with Crippen LogP contribution >= 0.6 is 11.3 Å². The van der Waals surface area contributed by atoms with E-state index >= 15 is 0 Å². The van der Waals surface area contributed by atoms with Crippen LogP contribution in [0.15, 0.2) is 24.8 Å². The zero-order valence-electron chi connectivity index (χ0n) is 17.9. The van der Waals surface area contributed by atoms with Crippen LogP contribution in [0.5, 0.6) is 5.88 Å². The maximum atomic E-state index is 14.0. The number of nitrogens with one attached hydrogen (secondary N) is 1. The van der Waals surface area contributed by atoms with Gasteiger partial charge in [0.2, 0.25) is 5.88 Å². The van der Waals surface area contributed by atoms with Gasteiger partial charge in [-0.2, -0.15) is 0 Å². The predicted octanol–water partition coefficient (Wildman–Crippen LogP) is 4.29. The van der Waals surface area contributed by atoms with Gasteiger partial charge in [0.05, 0.1) is 22.8 Å². The molecule has 3 aromatic rings. The van der Waals surface area contributed by atoms with Crippen LogP contribution in [0.25, 0.3) is 10.2 Å². The molecule has 4 rings (SSSR count). The number of aromatic nitrogens is 3. The molecule has 7 nitrogen and oxygen atoms in total. The van der Waals surface area contributed by atoms with Crippen LogP contribution < -0.4 is 10.1 Å². The third-order valence-corrected chi connectivity index (χ3v) is 6.99. The van der Waals surface area contributed by atoms with Crippen LogP contribution in [-0.2, 0) is 6.42 Å². The van der Waals surface area contributed by atoms with Crippen molar-refractivity contribution in [3.63, 3.8) is 0 Å². The summed E-state index contributed by atoms with van der Waals surface area (Å²) in [5.74, 6) is -0.558. The molecule has 1 aliphatic carbocycles.